The van der Waals surface area contributed by atoms with E-state index in [0.29, 0.717) is 25.7 Å². The molecule has 0 aromatic rings. The fourth-order valence-electron chi connectivity index (χ4n) is 10.9. The van der Waals surface area contributed by atoms with Crippen molar-refractivity contribution >= 4 is 39.5 Å². The van der Waals surface area contributed by atoms with Gasteiger partial charge in [-0.15, -0.1) is 0 Å². The Bertz CT molecular complexity index is 1770. The monoisotopic (exact) mass is 1340 g/mol. The number of carbonyl (C=O) groups excluding carboxylic acids is 4. The second-order valence-corrected chi connectivity index (χ2v) is 29.6. The third-order valence-electron chi connectivity index (χ3n) is 17.1. The van der Waals surface area contributed by atoms with E-state index in [2.05, 4.69) is 41.5 Å². The summed E-state index contributed by atoms with van der Waals surface area (Å²) < 4.78 is 68.4. The van der Waals surface area contributed by atoms with Crippen molar-refractivity contribution in [3.05, 3.63) is 0 Å². The minimum atomic E-state index is -4.95. The van der Waals surface area contributed by atoms with Gasteiger partial charge in [0.1, 0.15) is 19.3 Å². The number of ether oxygens (including phenoxy) is 4. The van der Waals surface area contributed by atoms with E-state index in [0.717, 1.165) is 102 Å². The van der Waals surface area contributed by atoms with Gasteiger partial charge in [-0.1, -0.05) is 318 Å². The molecule has 0 amide bonds. The largest absolute Gasteiger partial charge is 0.472 e. The molecule has 0 aliphatic carbocycles. The summed E-state index contributed by atoms with van der Waals surface area (Å²) in [5.74, 6) is -0.565. The van der Waals surface area contributed by atoms with Crippen molar-refractivity contribution in [2.45, 2.75) is 387 Å². The average molecular weight is 1340 g/mol. The molecule has 3 unspecified atom stereocenters. The first-order valence-corrected chi connectivity index (χ1v) is 40.5. The Morgan fingerprint density at radius 2 is 0.560 bits per heavy atom. The van der Waals surface area contributed by atoms with Crippen molar-refractivity contribution in [3.63, 3.8) is 0 Å². The molecule has 0 aromatic heterocycles. The van der Waals surface area contributed by atoms with Gasteiger partial charge >= 0.3 is 39.5 Å². The molecule has 0 rings (SSSR count). The van der Waals surface area contributed by atoms with Crippen LogP contribution in [0.3, 0.4) is 0 Å². The molecule has 0 fully saturated rings. The van der Waals surface area contributed by atoms with E-state index >= 15 is 0 Å². The van der Waals surface area contributed by atoms with Crippen LogP contribution in [0.15, 0.2) is 0 Å². The number of hydrogen-bond acceptors (Lipinski definition) is 15. The highest BCUT2D eigenvalue weighted by molar-refractivity contribution is 7.47. The van der Waals surface area contributed by atoms with Crippen molar-refractivity contribution in [1.29, 1.82) is 0 Å². The number of aliphatic hydroxyl groups is 1. The summed E-state index contributed by atoms with van der Waals surface area (Å²) in [5.41, 5.74) is 0. The summed E-state index contributed by atoms with van der Waals surface area (Å²) in [4.78, 5) is 72.6. The molecule has 540 valence electrons. The van der Waals surface area contributed by atoms with Crippen LogP contribution in [0, 0.1) is 11.8 Å². The number of phosphoric acid groups is 2. The molecule has 0 heterocycles. The van der Waals surface area contributed by atoms with Gasteiger partial charge in [0.2, 0.25) is 0 Å². The zero-order valence-corrected chi connectivity index (χ0v) is 60.9. The lowest BCUT2D eigenvalue weighted by atomic mass is 9.99. The fraction of sp³-hybridized carbons (Fsp3) is 0.944. The number of phosphoric ester groups is 2. The molecule has 0 radical (unpaired) electrons. The van der Waals surface area contributed by atoms with E-state index in [-0.39, 0.29) is 25.7 Å². The standard InChI is InChI=1S/C72H140O17P2/c1-7-10-12-14-16-18-20-22-26-30-37-43-49-55-70(75)83-60-67(88-71(76)56-50-44-38-31-27-24-21-23-25-28-34-40-46-52-64(4)5)62-86-90(78,79)84-58-66(73)59-85-91(80,81)87-63-68(61-82-69(74)54-48-42-36-29-19-17-15-13-11-8-2)89-72(77)57-51-45-39-33-32-35-41-47-53-65(6)9-3/h64-68,73H,7-63H2,1-6H3,(H,78,79)(H,80,81)/t65?,66-,67-,68-/m1/s1. The summed E-state index contributed by atoms with van der Waals surface area (Å²) >= 11 is 0. The first-order chi connectivity index (χ1) is 43.9. The molecule has 0 saturated carbocycles. The van der Waals surface area contributed by atoms with Gasteiger partial charge in [0.15, 0.2) is 12.2 Å². The minimum absolute atomic E-state index is 0.105. The molecule has 0 aliphatic rings. The van der Waals surface area contributed by atoms with E-state index in [1.165, 1.54) is 186 Å². The van der Waals surface area contributed by atoms with Gasteiger partial charge in [0, 0.05) is 25.7 Å². The Balaban J connectivity index is 5.25. The number of rotatable bonds is 71. The molecular weight excluding hydrogens is 1200 g/mol. The van der Waals surface area contributed by atoms with Crippen molar-refractivity contribution in [2.75, 3.05) is 39.6 Å². The molecule has 3 N–H and O–H groups in total. The summed E-state index contributed by atoms with van der Waals surface area (Å²) in [6, 6.07) is 0. The lowest BCUT2D eigenvalue weighted by Gasteiger charge is -2.21. The second kappa shape index (κ2) is 64.1. The predicted molar refractivity (Wildman–Crippen MR) is 368 cm³/mol. The fourth-order valence-corrected chi connectivity index (χ4v) is 12.5. The van der Waals surface area contributed by atoms with Crippen molar-refractivity contribution in [3.8, 4) is 0 Å². The number of unbranched alkanes of at least 4 members (excludes halogenated alkanes) is 40. The van der Waals surface area contributed by atoms with Gasteiger partial charge in [-0.05, 0) is 37.5 Å². The highest BCUT2D eigenvalue weighted by Crippen LogP contribution is 2.45. The lowest BCUT2D eigenvalue weighted by Crippen LogP contribution is -2.30. The minimum Gasteiger partial charge on any atom is -0.462 e. The second-order valence-electron chi connectivity index (χ2n) is 26.7. The van der Waals surface area contributed by atoms with Gasteiger partial charge in [0.05, 0.1) is 26.4 Å². The maximum Gasteiger partial charge on any atom is 0.472 e. The number of hydrogen-bond donors (Lipinski definition) is 3. The van der Waals surface area contributed by atoms with Crippen LogP contribution in [-0.2, 0) is 65.4 Å². The van der Waals surface area contributed by atoms with Crippen LogP contribution in [0.25, 0.3) is 0 Å². The Hall–Kier alpha value is -1.94. The summed E-state index contributed by atoms with van der Waals surface area (Å²) in [6.07, 6.45) is 49.8. The zero-order chi connectivity index (χ0) is 67.2. The van der Waals surface area contributed by atoms with Gasteiger partial charge in [-0.25, -0.2) is 9.13 Å². The Labute approximate surface area is 556 Å². The van der Waals surface area contributed by atoms with Gasteiger partial charge in [-0.2, -0.15) is 0 Å². The topological polar surface area (TPSA) is 237 Å². The lowest BCUT2D eigenvalue weighted by molar-refractivity contribution is -0.161. The van der Waals surface area contributed by atoms with Crippen molar-refractivity contribution in [1.82, 2.24) is 0 Å². The van der Waals surface area contributed by atoms with Crippen LogP contribution in [-0.4, -0.2) is 96.7 Å². The Morgan fingerprint density at radius 1 is 0.319 bits per heavy atom. The maximum atomic E-state index is 13.0. The highest BCUT2D eigenvalue weighted by Gasteiger charge is 2.30. The molecule has 6 atom stereocenters. The molecule has 19 heteroatoms. The van der Waals surface area contributed by atoms with Crippen LogP contribution in [0.2, 0.25) is 0 Å². The molecule has 17 nitrogen and oxygen atoms in total. The number of aliphatic hydroxyl groups excluding tert-OH is 1. The molecule has 91 heavy (non-hydrogen) atoms. The van der Waals surface area contributed by atoms with Crippen LogP contribution < -0.4 is 0 Å². The van der Waals surface area contributed by atoms with E-state index in [9.17, 15) is 43.2 Å². The number of esters is 4. The third-order valence-corrected chi connectivity index (χ3v) is 19.0. The molecule has 0 spiro atoms. The highest BCUT2D eigenvalue weighted by atomic mass is 31.2. The summed E-state index contributed by atoms with van der Waals surface area (Å²) in [5, 5.41) is 10.6. The van der Waals surface area contributed by atoms with E-state index in [1.807, 2.05) is 0 Å². The van der Waals surface area contributed by atoms with Gasteiger partial charge < -0.3 is 33.8 Å². The maximum absolute atomic E-state index is 13.0. The first kappa shape index (κ1) is 89.1. The van der Waals surface area contributed by atoms with Crippen molar-refractivity contribution < 1.29 is 80.2 Å². The van der Waals surface area contributed by atoms with E-state index in [1.54, 1.807) is 0 Å². The van der Waals surface area contributed by atoms with Gasteiger partial charge in [0.25, 0.3) is 0 Å². The number of carbonyl (C=O) groups is 4. The Morgan fingerprint density at radius 3 is 0.835 bits per heavy atom. The first-order valence-electron chi connectivity index (χ1n) is 37.5. The van der Waals surface area contributed by atoms with E-state index < -0.39 is 97.5 Å². The smallest absolute Gasteiger partial charge is 0.462 e. The van der Waals surface area contributed by atoms with Crippen LogP contribution in [0.1, 0.15) is 369 Å². The molecule has 0 saturated heterocycles. The average Bonchev–Trinajstić information content (AvgIpc) is 3.66. The SMILES string of the molecule is CCCCCCCCCCCCCCCC(=O)OC[C@H](COP(=O)(O)OC[C@@H](O)COP(=O)(O)OC[C@@H](COC(=O)CCCCCCCCCCCC)OC(=O)CCCCCCCCCCC(C)CC)OC(=O)CCCCCCCCCCCCCCCC(C)C. The summed E-state index contributed by atoms with van der Waals surface area (Å²) in [6.45, 7) is 9.57. The predicted octanol–water partition coefficient (Wildman–Crippen LogP) is 20.8. The van der Waals surface area contributed by atoms with Crippen LogP contribution in [0.5, 0.6) is 0 Å². The van der Waals surface area contributed by atoms with Gasteiger partial charge in [-0.3, -0.25) is 37.3 Å². The normalized spacial score (nSPS) is 14.4. The third kappa shape index (κ3) is 65.1. The molecular formula is C72H140O17P2. The Kier molecular flexibility index (Phi) is 62.7. The van der Waals surface area contributed by atoms with Crippen LogP contribution in [0.4, 0.5) is 0 Å². The van der Waals surface area contributed by atoms with Crippen LogP contribution >= 0.6 is 15.6 Å². The molecule has 0 bridgehead atoms. The van der Waals surface area contributed by atoms with Crippen molar-refractivity contribution in [2.24, 2.45) is 11.8 Å². The van der Waals surface area contributed by atoms with E-state index in [4.69, 9.17) is 37.0 Å². The molecule has 0 aromatic carbocycles. The summed E-state index contributed by atoms with van der Waals surface area (Å²) in [7, 11) is -9.90. The zero-order valence-electron chi connectivity index (χ0n) is 59.1. The quantitative estimate of drug-likeness (QED) is 0.0222. The molecule has 0 aliphatic heterocycles.